The van der Waals surface area contributed by atoms with E-state index in [0.29, 0.717) is 5.41 Å². The third kappa shape index (κ3) is 2.56. The number of nitrogens with zero attached hydrogens (tertiary/aromatic N) is 2. The molecule has 0 aromatic heterocycles. The Balaban J connectivity index is 1.84. The van der Waals surface area contributed by atoms with Gasteiger partial charge in [0.05, 0.1) is 0 Å². The normalized spacial score (nSPS) is 32.6. The van der Waals surface area contributed by atoms with Crippen LogP contribution >= 0.6 is 15.9 Å². The standard InChI is InChI=1S/C12H23BrN2/c1-11-8-15(7-6-14(11)2)10-12(9-13)4-3-5-12/h11H,3-10H2,1-2H3. The molecule has 88 valence electrons. The van der Waals surface area contributed by atoms with E-state index in [-0.39, 0.29) is 0 Å². The first-order valence-corrected chi connectivity index (χ1v) is 7.26. The molecule has 1 unspecified atom stereocenters. The number of alkyl halides is 1. The monoisotopic (exact) mass is 274 g/mol. The fraction of sp³-hybridized carbons (Fsp3) is 1.00. The molecule has 15 heavy (non-hydrogen) atoms. The lowest BCUT2D eigenvalue weighted by Crippen LogP contribution is -2.54. The Morgan fingerprint density at radius 1 is 1.33 bits per heavy atom. The van der Waals surface area contributed by atoms with Crippen LogP contribution in [0, 0.1) is 5.41 Å². The van der Waals surface area contributed by atoms with Crippen molar-refractivity contribution in [3.05, 3.63) is 0 Å². The summed E-state index contributed by atoms with van der Waals surface area (Å²) in [6.45, 7) is 7.41. The molecule has 1 heterocycles. The largest absolute Gasteiger partial charge is 0.301 e. The van der Waals surface area contributed by atoms with Crippen molar-refractivity contribution in [2.75, 3.05) is 38.6 Å². The second-order valence-corrected chi connectivity index (χ2v) is 6.11. The van der Waals surface area contributed by atoms with E-state index < -0.39 is 0 Å². The molecule has 1 atom stereocenters. The second kappa shape index (κ2) is 4.72. The Kier molecular flexibility index (Phi) is 3.74. The molecular weight excluding hydrogens is 252 g/mol. The molecule has 0 aromatic carbocycles. The van der Waals surface area contributed by atoms with E-state index >= 15 is 0 Å². The lowest BCUT2D eigenvalue weighted by molar-refractivity contribution is 0.0401. The van der Waals surface area contributed by atoms with E-state index in [9.17, 15) is 0 Å². The molecule has 0 amide bonds. The maximum Gasteiger partial charge on any atom is 0.0192 e. The lowest BCUT2D eigenvalue weighted by atomic mass is 9.70. The van der Waals surface area contributed by atoms with Gasteiger partial charge in [-0.05, 0) is 32.2 Å². The molecule has 0 radical (unpaired) electrons. The van der Waals surface area contributed by atoms with Crippen LogP contribution in [-0.4, -0.2) is 54.4 Å². The average Bonchev–Trinajstić information content (AvgIpc) is 2.17. The Labute approximate surface area is 102 Å². The predicted molar refractivity (Wildman–Crippen MR) is 68.6 cm³/mol. The van der Waals surface area contributed by atoms with Crippen LogP contribution in [0.3, 0.4) is 0 Å². The van der Waals surface area contributed by atoms with Crippen LogP contribution in [0.5, 0.6) is 0 Å². The third-order valence-corrected chi connectivity index (χ3v) is 5.49. The van der Waals surface area contributed by atoms with Gasteiger partial charge in [-0.15, -0.1) is 0 Å². The highest BCUT2D eigenvalue weighted by Gasteiger charge is 2.38. The predicted octanol–water partition coefficient (Wildman–Crippen LogP) is 2.19. The van der Waals surface area contributed by atoms with Gasteiger partial charge >= 0.3 is 0 Å². The van der Waals surface area contributed by atoms with Gasteiger partial charge in [-0.3, -0.25) is 4.90 Å². The van der Waals surface area contributed by atoms with Gasteiger partial charge in [0.1, 0.15) is 0 Å². The number of piperazine rings is 1. The second-order valence-electron chi connectivity index (χ2n) is 5.55. The van der Waals surface area contributed by atoms with Crippen LogP contribution in [0.25, 0.3) is 0 Å². The Morgan fingerprint density at radius 3 is 2.53 bits per heavy atom. The summed E-state index contributed by atoms with van der Waals surface area (Å²) in [5.74, 6) is 0. The zero-order chi connectivity index (χ0) is 10.9. The maximum absolute atomic E-state index is 3.70. The van der Waals surface area contributed by atoms with Crippen molar-refractivity contribution < 1.29 is 0 Å². The average molecular weight is 275 g/mol. The molecule has 1 aliphatic heterocycles. The summed E-state index contributed by atoms with van der Waals surface area (Å²) in [5.41, 5.74) is 0.621. The van der Waals surface area contributed by atoms with Crippen molar-refractivity contribution in [2.24, 2.45) is 5.41 Å². The molecule has 2 aliphatic rings. The number of likely N-dealkylation sites (N-methyl/N-ethyl adjacent to an activating group) is 1. The molecule has 1 saturated heterocycles. The molecule has 2 rings (SSSR count). The van der Waals surface area contributed by atoms with Gasteiger partial charge in [-0.25, -0.2) is 0 Å². The highest BCUT2D eigenvalue weighted by molar-refractivity contribution is 9.09. The van der Waals surface area contributed by atoms with Crippen molar-refractivity contribution in [1.82, 2.24) is 9.80 Å². The highest BCUT2D eigenvalue weighted by Crippen LogP contribution is 2.43. The Morgan fingerprint density at radius 2 is 2.07 bits per heavy atom. The zero-order valence-corrected chi connectivity index (χ0v) is 11.6. The van der Waals surface area contributed by atoms with Crippen LogP contribution in [0.1, 0.15) is 26.2 Å². The minimum absolute atomic E-state index is 0.621. The molecule has 1 saturated carbocycles. The highest BCUT2D eigenvalue weighted by atomic mass is 79.9. The molecule has 0 aromatic rings. The van der Waals surface area contributed by atoms with Gasteiger partial charge in [-0.2, -0.15) is 0 Å². The Hall–Kier alpha value is 0.400. The van der Waals surface area contributed by atoms with E-state index in [2.05, 4.69) is 39.7 Å². The van der Waals surface area contributed by atoms with Gasteiger partial charge in [0.2, 0.25) is 0 Å². The van der Waals surface area contributed by atoms with Crippen LogP contribution in [-0.2, 0) is 0 Å². The summed E-state index contributed by atoms with van der Waals surface area (Å²) < 4.78 is 0. The zero-order valence-electron chi connectivity index (χ0n) is 10.0. The SMILES string of the molecule is CC1CN(CC2(CBr)CCC2)CCN1C. The number of halogens is 1. The topological polar surface area (TPSA) is 6.48 Å². The summed E-state index contributed by atoms with van der Waals surface area (Å²) >= 11 is 3.70. The van der Waals surface area contributed by atoms with Crippen molar-refractivity contribution in [3.63, 3.8) is 0 Å². The van der Waals surface area contributed by atoms with Crippen molar-refractivity contribution in [1.29, 1.82) is 0 Å². The minimum Gasteiger partial charge on any atom is -0.301 e. The summed E-state index contributed by atoms with van der Waals surface area (Å²) in [6, 6.07) is 0.728. The van der Waals surface area contributed by atoms with E-state index in [1.54, 1.807) is 0 Å². The van der Waals surface area contributed by atoms with Crippen molar-refractivity contribution >= 4 is 15.9 Å². The van der Waals surface area contributed by atoms with Crippen LogP contribution in [0.4, 0.5) is 0 Å². The van der Waals surface area contributed by atoms with Gasteiger partial charge < -0.3 is 4.90 Å². The Bertz CT molecular complexity index is 210. The molecule has 0 N–H and O–H groups in total. The van der Waals surface area contributed by atoms with Gasteiger partial charge in [0.25, 0.3) is 0 Å². The lowest BCUT2D eigenvalue weighted by Gasteiger charge is -2.47. The first-order valence-electron chi connectivity index (χ1n) is 6.14. The molecule has 2 fully saturated rings. The minimum atomic E-state index is 0.621. The summed E-state index contributed by atoms with van der Waals surface area (Å²) in [4.78, 5) is 5.14. The van der Waals surface area contributed by atoms with Crippen LogP contribution < -0.4 is 0 Å². The number of hydrogen-bond donors (Lipinski definition) is 0. The number of hydrogen-bond acceptors (Lipinski definition) is 2. The van der Waals surface area contributed by atoms with Crippen LogP contribution in [0.15, 0.2) is 0 Å². The van der Waals surface area contributed by atoms with Gasteiger partial charge in [0, 0.05) is 37.6 Å². The molecule has 3 heteroatoms. The summed E-state index contributed by atoms with van der Waals surface area (Å²) in [6.07, 6.45) is 4.30. The van der Waals surface area contributed by atoms with E-state index in [4.69, 9.17) is 0 Å². The fourth-order valence-electron chi connectivity index (χ4n) is 2.75. The van der Waals surface area contributed by atoms with Crippen molar-refractivity contribution in [3.8, 4) is 0 Å². The molecule has 1 aliphatic carbocycles. The smallest absolute Gasteiger partial charge is 0.0192 e. The quantitative estimate of drug-likeness (QED) is 0.728. The van der Waals surface area contributed by atoms with Crippen LogP contribution in [0.2, 0.25) is 0 Å². The molecule has 0 bridgehead atoms. The fourth-order valence-corrected chi connectivity index (χ4v) is 3.49. The van der Waals surface area contributed by atoms with Crippen molar-refractivity contribution in [2.45, 2.75) is 32.2 Å². The summed E-state index contributed by atoms with van der Waals surface area (Å²) in [7, 11) is 2.24. The molecular formula is C12H23BrN2. The molecule has 2 nitrogen and oxygen atoms in total. The molecule has 0 spiro atoms. The first-order chi connectivity index (χ1) is 7.15. The maximum atomic E-state index is 3.70. The van der Waals surface area contributed by atoms with Gasteiger partial charge in [0.15, 0.2) is 0 Å². The van der Waals surface area contributed by atoms with E-state index in [1.165, 1.54) is 50.8 Å². The van der Waals surface area contributed by atoms with E-state index in [1.807, 2.05) is 0 Å². The van der Waals surface area contributed by atoms with Gasteiger partial charge in [-0.1, -0.05) is 22.4 Å². The summed E-state index contributed by atoms with van der Waals surface area (Å²) in [5, 5.41) is 1.20. The number of rotatable bonds is 3. The first kappa shape index (κ1) is 11.9. The third-order valence-electron chi connectivity index (χ3n) is 4.30. The van der Waals surface area contributed by atoms with E-state index in [0.717, 1.165) is 6.04 Å².